The van der Waals surface area contributed by atoms with Gasteiger partial charge in [-0.2, -0.15) is 0 Å². The highest BCUT2D eigenvalue weighted by Crippen LogP contribution is 2.27. The molecule has 2 rings (SSSR count). The van der Waals surface area contributed by atoms with Crippen molar-refractivity contribution in [1.29, 1.82) is 0 Å². The average molecular weight is 327 g/mol. The van der Waals surface area contributed by atoms with E-state index < -0.39 is 5.97 Å². The maximum absolute atomic E-state index is 11.7. The lowest BCUT2D eigenvalue weighted by atomic mass is 10.2. The summed E-state index contributed by atoms with van der Waals surface area (Å²) in [6.07, 6.45) is 5.94. The number of rotatable bonds is 6. The van der Waals surface area contributed by atoms with Gasteiger partial charge in [0.25, 0.3) is 0 Å². The van der Waals surface area contributed by atoms with Crippen molar-refractivity contribution in [2.45, 2.75) is 0 Å². The molecule has 7 heteroatoms. The van der Waals surface area contributed by atoms with E-state index in [0.29, 0.717) is 17.1 Å². The lowest BCUT2D eigenvalue weighted by Gasteiger charge is -2.07. The van der Waals surface area contributed by atoms with Crippen molar-refractivity contribution >= 4 is 17.9 Å². The van der Waals surface area contributed by atoms with Crippen molar-refractivity contribution in [2.75, 3.05) is 14.2 Å². The van der Waals surface area contributed by atoms with Gasteiger partial charge in [0, 0.05) is 24.0 Å². The van der Waals surface area contributed by atoms with Crippen LogP contribution in [-0.4, -0.2) is 31.0 Å². The van der Waals surface area contributed by atoms with E-state index >= 15 is 0 Å². The van der Waals surface area contributed by atoms with Crippen LogP contribution in [-0.2, 0) is 9.63 Å². The maximum atomic E-state index is 11.7. The van der Waals surface area contributed by atoms with E-state index in [1.807, 2.05) is 0 Å². The first-order chi connectivity index (χ1) is 11.6. The molecule has 0 aliphatic rings. The molecule has 0 saturated heterocycles. The third-order valence-electron chi connectivity index (χ3n) is 3.03. The summed E-state index contributed by atoms with van der Waals surface area (Å²) in [6, 6.07) is 8.57. The third kappa shape index (κ3) is 4.57. The van der Waals surface area contributed by atoms with Gasteiger partial charge >= 0.3 is 5.97 Å². The van der Waals surface area contributed by atoms with E-state index in [0.717, 1.165) is 5.56 Å². The minimum absolute atomic E-state index is 0.0882. The highest BCUT2D eigenvalue weighted by molar-refractivity contribution is 5.97. The van der Waals surface area contributed by atoms with Crippen LogP contribution in [0.3, 0.4) is 0 Å². The SMILES string of the molecule is COc1ccc(/C=C/C(=O)O/N=C(/N)c2ccncc2)cc1OC. The number of carbonyl (C=O) groups excluding carboxylic acids is 1. The Balaban J connectivity index is 2.00. The smallest absolute Gasteiger partial charge is 0.358 e. The number of nitrogens with two attached hydrogens (primary N) is 1. The average Bonchev–Trinajstić information content (AvgIpc) is 2.64. The molecule has 0 aliphatic carbocycles. The summed E-state index contributed by atoms with van der Waals surface area (Å²) in [7, 11) is 3.09. The van der Waals surface area contributed by atoms with Gasteiger partial charge in [0.2, 0.25) is 0 Å². The molecule has 0 spiro atoms. The molecule has 0 bridgehead atoms. The van der Waals surface area contributed by atoms with Gasteiger partial charge < -0.3 is 20.0 Å². The monoisotopic (exact) mass is 327 g/mol. The number of hydrogen-bond acceptors (Lipinski definition) is 6. The summed E-state index contributed by atoms with van der Waals surface area (Å²) in [5, 5.41) is 3.59. The topological polar surface area (TPSA) is 96.0 Å². The molecule has 0 saturated carbocycles. The largest absolute Gasteiger partial charge is 0.493 e. The van der Waals surface area contributed by atoms with Crippen LogP contribution < -0.4 is 15.2 Å². The molecule has 0 aliphatic heterocycles. The number of nitrogens with zero attached hydrogens (tertiary/aromatic N) is 2. The van der Waals surface area contributed by atoms with Gasteiger partial charge in [-0.25, -0.2) is 4.79 Å². The molecule has 1 aromatic heterocycles. The zero-order valence-electron chi connectivity index (χ0n) is 13.3. The normalized spacial score (nSPS) is 11.3. The lowest BCUT2D eigenvalue weighted by Crippen LogP contribution is -2.14. The minimum Gasteiger partial charge on any atom is -0.493 e. The first-order valence-corrected chi connectivity index (χ1v) is 6.99. The van der Waals surface area contributed by atoms with Crippen LogP contribution in [0.25, 0.3) is 6.08 Å². The van der Waals surface area contributed by atoms with Gasteiger partial charge in [0.05, 0.1) is 14.2 Å². The van der Waals surface area contributed by atoms with Gasteiger partial charge in [-0.05, 0) is 35.9 Å². The van der Waals surface area contributed by atoms with Gasteiger partial charge in [0.1, 0.15) is 0 Å². The van der Waals surface area contributed by atoms with Gasteiger partial charge in [-0.1, -0.05) is 11.2 Å². The Morgan fingerprint density at radius 2 is 1.83 bits per heavy atom. The fourth-order valence-corrected chi connectivity index (χ4v) is 1.82. The molecule has 2 N–H and O–H groups in total. The Bertz CT molecular complexity index is 758. The summed E-state index contributed by atoms with van der Waals surface area (Å²) >= 11 is 0. The van der Waals surface area contributed by atoms with E-state index in [1.165, 1.54) is 13.2 Å². The molecule has 2 aromatic rings. The molecular formula is C17H17N3O4. The van der Waals surface area contributed by atoms with Crippen LogP contribution >= 0.6 is 0 Å². The van der Waals surface area contributed by atoms with E-state index in [4.69, 9.17) is 20.0 Å². The molecule has 1 aromatic carbocycles. The number of oxime groups is 1. The highest BCUT2D eigenvalue weighted by atomic mass is 16.7. The standard InChI is InChI=1S/C17H17N3O4/c1-22-14-5-3-12(11-15(14)23-2)4-6-16(21)24-20-17(18)13-7-9-19-10-8-13/h3-11H,1-2H3,(H2,18,20)/b6-4+. The van der Waals surface area contributed by atoms with Crippen LogP contribution in [0, 0.1) is 0 Å². The van der Waals surface area contributed by atoms with Gasteiger partial charge in [-0.15, -0.1) is 0 Å². The van der Waals surface area contributed by atoms with Crippen LogP contribution in [0.5, 0.6) is 11.5 Å². The van der Waals surface area contributed by atoms with Crippen molar-refractivity contribution in [2.24, 2.45) is 10.9 Å². The Hall–Kier alpha value is -3.35. The molecule has 124 valence electrons. The molecular weight excluding hydrogens is 310 g/mol. The maximum Gasteiger partial charge on any atom is 0.358 e. The molecule has 24 heavy (non-hydrogen) atoms. The third-order valence-corrected chi connectivity index (χ3v) is 3.03. The van der Waals surface area contributed by atoms with E-state index in [1.54, 1.807) is 55.9 Å². The molecule has 0 fully saturated rings. The van der Waals surface area contributed by atoms with E-state index in [9.17, 15) is 4.79 Å². The zero-order valence-corrected chi connectivity index (χ0v) is 13.3. The van der Waals surface area contributed by atoms with Gasteiger partial charge in [-0.3, -0.25) is 4.98 Å². The van der Waals surface area contributed by atoms with Gasteiger partial charge in [0.15, 0.2) is 17.3 Å². The summed E-state index contributed by atoms with van der Waals surface area (Å²) in [6.45, 7) is 0. The number of ether oxygens (including phenoxy) is 2. The molecule has 0 atom stereocenters. The second kappa shape index (κ2) is 8.33. The number of methoxy groups -OCH3 is 2. The minimum atomic E-state index is -0.651. The van der Waals surface area contributed by atoms with Crippen molar-refractivity contribution in [3.63, 3.8) is 0 Å². The second-order valence-corrected chi connectivity index (χ2v) is 4.57. The molecule has 0 unspecified atom stereocenters. The molecule has 1 heterocycles. The van der Waals surface area contributed by atoms with Crippen molar-refractivity contribution < 1.29 is 19.1 Å². The van der Waals surface area contributed by atoms with E-state index in [-0.39, 0.29) is 5.84 Å². The van der Waals surface area contributed by atoms with Crippen molar-refractivity contribution in [3.8, 4) is 11.5 Å². The first-order valence-electron chi connectivity index (χ1n) is 6.99. The number of pyridine rings is 1. The summed E-state index contributed by atoms with van der Waals surface area (Å²) < 4.78 is 10.3. The highest BCUT2D eigenvalue weighted by Gasteiger charge is 2.04. The fourth-order valence-electron chi connectivity index (χ4n) is 1.82. The lowest BCUT2D eigenvalue weighted by molar-refractivity contribution is -0.137. The Kier molecular flexibility index (Phi) is 5.90. The van der Waals surface area contributed by atoms with E-state index in [2.05, 4.69) is 10.1 Å². The predicted molar refractivity (Wildman–Crippen MR) is 89.6 cm³/mol. The number of amidine groups is 1. The molecule has 0 amide bonds. The molecule has 7 nitrogen and oxygen atoms in total. The van der Waals surface area contributed by atoms with Crippen molar-refractivity contribution in [3.05, 3.63) is 59.9 Å². The number of hydrogen-bond donors (Lipinski definition) is 1. The van der Waals surface area contributed by atoms with Crippen LogP contribution in [0.1, 0.15) is 11.1 Å². The second-order valence-electron chi connectivity index (χ2n) is 4.57. The Labute approximate surface area is 139 Å². The summed E-state index contributed by atoms with van der Waals surface area (Å²) in [4.78, 5) is 20.3. The molecule has 0 radical (unpaired) electrons. The van der Waals surface area contributed by atoms with Crippen LogP contribution in [0.15, 0.2) is 54.0 Å². The summed E-state index contributed by atoms with van der Waals surface area (Å²) in [5.74, 6) is 0.604. The summed E-state index contributed by atoms with van der Waals surface area (Å²) in [5.41, 5.74) is 7.07. The van der Waals surface area contributed by atoms with Crippen LogP contribution in [0.4, 0.5) is 0 Å². The van der Waals surface area contributed by atoms with Crippen molar-refractivity contribution in [1.82, 2.24) is 4.98 Å². The number of carbonyl (C=O) groups is 1. The van der Waals surface area contributed by atoms with Crippen LogP contribution in [0.2, 0.25) is 0 Å². The predicted octanol–water partition coefficient (Wildman–Crippen LogP) is 1.98. The Morgan fingerprint density at radius 3 is 2.50 bits per heavy atom. The number of aromatic nitrogens is 1. The Morgan fingerprint density at radius 1 is 1.12 bits per heavy atom. The quantitative estimate of drug-likeness (QED) is 0.286. The fraction of sp³-hybridized carbons (Fsp3) is 0.118. The first kappa shape index (κ1) is 17.0. The zero-order chi connectivity index (χ0) is 17.4. The number of benzene rings is 1.